The molecular formula is C17H17F3N4O2. The zero-order valence-electron chi connectivity index (χ0n) is 13.8. The van der Waals surface area contributed by atoms with Crippen molar-refractivity contribution in [3.8, 4) is 0 Å². The minimum Gasteiger partial charge on any atom is -0.339 e. The number of nitrogens with zero attached hydrogens (tertiary/aromatic N) is 3. The van der Waals surface area contributed by atoms with Gasteiger partial charge in [-0.25, -0.2) is 0 Å². The van der Waals surface area contributed by atoms with E-state index in [4.69, 9.17) is 4.52 Å². The summed E-state index contributed by atoms with van der Waals surface area (Å²) in [6.45, 7) is 1.33. The van der Waals surface area contributed by atoms with Gasteiger partial charge in [0.15, 0.2) is 5.82 Å². The van der Waals surface area contributed by atoms with Gasteiger partial charge in [0, 0.05) is 24.7 Å². The molecule has 0 spiro atoms. The summed E-state index contributed by atoms with van der Waals surface area (Å²) in [5, 5.41) is 6.48. The van der Waals surface area contributed by atoms with Crippen molar-refractivity contribution in [3.63, 3.8) is 0 Å². The molecule has 1 aromatic carbocycles. The highest BCUT2D eigenvalue weighted by molar-refractivity contribution is 5.92. The number of carbonyl (C=O) groups excluding carboxylic acids is 1. The van der Waals surface area contributed by atoms with Crippen LogP contribution >= 0.6 is 0 Å². The monoisotopic (exact) mass is 366 g/mol. The van der Waals surface area contributed by atoms with Gasteiger partial charge < -0.3 is 9.84 Å². The number of hydrogen-bond donors (Lipinski definition) is 1. The zero-order chi connectivity index (χ0) is 18.3. The van der Waals surface area contributed by atoms with E-state index in [-0.39, 0.29) is 24.1 Å². The quantitative estimate of drug-likeness (QED) is 0.881. The standard InChI is InChI=1S/C17H17F3N4O2/c18-17(19,20)12-2-1-3-13(6-12)21-14(25)9-24-7-11(8-24)16-22-15(23-26-16)10-4-5-10/h1-3,6,10-11H,4-5,7-9H2,(H,21,25). The van der Waals surface area contributed by atoms with Crippen molar-refractivity contribution < 1.29 is 22.5 Å². The first kappa shape index (κ1) is 17.0. The summed E-state index contributed by atoms with van der Waals surface area (Å²) >= 11 is 0. The maximum atomic E-state index is 12.7. The van der Waals surface area contributed by atoms with Crippen LogP contribution in [0.15, 0.2) is 28.8 Å². The molecule has 9 heteroatoms. The van der Waals surface area contributed by atoms with E-state index in [0.29, 0.717) is 24.9 Å². The molecule has 0 unspecified atom stereocenters. The van der Waals surface area contributed by atoms with Crippen molar-refractivity contribution in [2.24, 2.45) is 0 Å². The molecule has 2 aliphatic rings. The largest absolute Gasteiger partial charge is 0.416 e. The number of anilines is 1. The maximum Gasteiger partial charge on any atom is 0.416 e. The SMILES string of the molecule is O=C(CN1CC(c2nc(C3CC3)no2)C1)Nc1cccc(C(F)(F)F)c1. The lowest BCUT2D eigenvalue weighted by Gasteiger charge is -2.36. The lowest BCUT2D eigenvalue weighted by molar-refractivity contribution is -0.137. The Bertz CT molecular complexity index is 810. The molecule has 0 radical (unpaired) electrons. The molecule has 2 heterocycles. The molecule has 4 rings (SSSR count). The van der Waals surface area contributed by atoms with Gasteiger partial charge in [0.25, 0.3) is 0 Å². The number of nitrogens with one attached hydrogen (secondary N) is 1. The normalized spacial score (nSPS) is 18.6. The Morgan fingerprint density at radius 3 is 2.73 bits per heavy atom. The highest BCUT2D eigenvalue weighted by Crippen LogP contribution is 2.39. The van der Waals surface area contributed by atoms with E-state index in [9.17, 15) is 18.0 Å². The molecule has 1 aliphatic carbocycles. The lowest BCUT2D eigenvalue weighted by atomic mass is 10.0. The average Bonchev–Trinajstić information content (AvgIpc) is 3.28. The van der Waals surface area contributed by atoms with Crippen LogP contribution in [-0.2, 0) is 11.0 Å². The van der Waals surface area contributed by atoms with Gasteiger partial charge in [0.1, 0.15) is 0 Å². The van der Waals surface area contributed by atoms with Crippen molar-refractivity contribution in [2.45, 2.75) is 30.9 Å². The van der Waals surface area contributed by atoms with E-state index in [2.05, 4.69) is 15.5 Å². The maximum absolute atomic E-state index is 12.7. The summed E-state index contributed by atoms with van der Waals surface area (Å²) in [4.78, 5) is 18.3. The molecule has 1 aliphatic heterocycles. The van der Waals surface area contributed by atoms with Crippen LogP contribution in [0, 0.1) is 0 Å². The minimum atomic E-state index is -4.44. The van der Waals surface area contributed by atoms with Crippen LogP contribution in [-0.4, -0.2) is 40.6 Å². The number of benzene rings is 1. The van der Waals surface area contributed by atoms with Gasteiger partial charge in [-0.2, -0.15) is 18.2 Å². The van der Waals surface area contributed by atoms with Crippen LogP contribution in [0.2, 0.25) is 0 Å². The number of alkyl halides is 3. The summed E-state index contributed by atoms with van der Waals surface area (Å²) in [5.74, 6) is 1.55. The highest BCUT2D eigenvalue weighted by Gasteiger charge is 2.36. The first-order valence-corrected chi connectivity index (χ1v) is 8.41. The summed E-state index contributed by atoms with van der Waals surface area (Å²) in [7, 11) is 0. The predicted octanol–water partition coefficient (Wildman–Crippen LogP) is 3.00. The number of amides is 1. The Morgan fingerprint density at radius 1 is 1.27 bits per heavy atom. The zero-order valence-corrected chi connectivity index (χ0v) is 13.8. The van der Waals surface area contributed by atoms with Crippen LogP contribution in [0.3, 0.4) is 0 Å². The molecular weight excluding hydrogens is 349 g/mol. The molecule has 0 bridgehead atoms. The molecule has 2 fully saturated rings. The van der Waals surface area contributed by atoms with Gasteiger partial charge in [-0.3, -0.25) is 9.69 Å². The van der Waals surface area contributed by atoms with Gasteiger partial charge in [-0.15, -0.1) is 0 Å². The molecule has 2 aromatic rings. The molecule has 1 amide bonds. The van der Waals surface area contributed by atoms with Gasteiger partial charge >= 0.3 is 6.18 Å². The fraction of sp³-hybridized carbons (Fsp3) is 0.471. The number of aromatic nitrogens is 2. The van der Waals surface area contributed by atoms with E-state index in [1.54, 1.807) is 0 Å². The van der Waals surface area contributed by atoms with Gasteiger partial charge in [0.05, 0.1) is 18.0 Å². The number of halogens is 3. The lowest BCUT2D eigenvalue weighted by Crippen LogP contribution is -2.48. The van der Waals surface area contributed by atoms with E-state index >= 15 is 0 Å². The number of likely N-dealkylation sites (tertiary alicyclic amines) is 1. The van der Waals surface area contributed by atoms with Crippen molar-refractivity contribution >= 4 is 11.6 Å². The number of carbonyl (C=O) groups is 1. The molecule has 0 atom stereocenters. The topological polar surface area (TPSA) is 71.3 Å². The van der Waals surface area contributed by atoms with Crippen LogP contribution in [0.25, 0.3) is 0 Å². The Labute approximate surface area is 147 Å². The molecule has 1 saturated carbocycles. The van der Waals surface area contributed by atoms with Gasteiger partial charge in [-0.1, -0.05) is 11.2 Å². The van der Waals surface area contributed by atoms with Gasteiger partial charge in [-0.05, 0) is 31.0 Å². The third-order valence-corrected chi connectivity index (χ3v) is 4.55. The summed E-state index contributed by atoms with van der Waals surface area (Å²) in [6.07, 6.45) is -2.23. The molecule has 1 saturated heterocycles. The molecule has 6 nitrogen and oxygen atoms in total. The number of rotatable bonds is 5. The first-order chi connectivity index (χ1) is 12.4. The van der Waals surface area contributed by atoms with E-state index < -0.39 is 11.7 Å². The smallest absolute Gasteiger partial charge is 0.339 e. The Balaban J connectivity index is 1.27. The van der Waals surface area contributed by atoms with Crippen molar-refractivity contribution in [1.29, 1.82) is 0 Å². The summed E-state index contributed by atoms with van der Waals surface area (Å²) in [5.41, 5.74) is -0.657. The molecule has 1 N–H and O–H groups in total. The van der Waals surface area contributed by atoms with Crippen LogP contribution in [0.5, 0.6) is 0 Å². The molecule has 26 heavy (non-hydrogen) atoms. The summed E-state index contributed by atoms with van der Waals surface area (Å²) < 4.78 is 43.4. The first-order valence-electron chi connectivity index (χ1n) is 8.41. The van der Waals surface area contributed by atoms with Crippen molar-refractivity contribution in [1.82, 2.24) is 15.0 Å². The average molecular weight is 366 g/mol. The predicted molar refractivity (Wildman–Crippen MR) is 85.5 cm³/mol. The Morgan fingerprint density at radius 2 is 2.04 bits per heavy atom. The van der Waals surface area contributed by atoms with E-state index in [0.717, 1.165) is 30.8 Å². The number of hydrogen-bond acceptors (Lipinski definition) is 5. The second kappa shape index (κ2) is 6.39. The Kier molecular flexibility index (Phi) is 4.18. The van der Waals surface area contributed by atoms with E-state index in [1.165, 1.54) is 12.1 Å². The molecule has 138 valence electrons. The minimum absolute atomic E-state index is 0.108. The van der Waals surface area contributed by atoms with Crippen LogP contribution in [0.1, 0.15) is 42.0 Å². The van der Waals surface area contributed by atoms with Crippen LogP contribution in [0.4, 0.5) is 18.9 Å². The second-order valence-corrected chi connectivity index (χ2v) is 6.78. The fourth-order valence-electron chi connectivity index (χ4n) is 2.95. The molecule has 1 aromatic heterocycles. The van der Waals surface area contributed by atoms with Crippen molar-refractivity contribution in [2.75, 3.05) is 25.0 Å². The van der Waals surface area contributed by atoms with Crippen LogP contribution < -0.4 is 5.32 Å². The third kappa shape index (κ3) is 3.72. The second-order valence-electron chi connectivity index (χ2n) is 6.78. The summed E-state index contributed by atoms with van der Waals surface area (Å²) in [6, 6.07) is 4.60. The third-order valence-electron chi connectivity index (χ3n) is 4.55. The van der Waals surface area contributed by atoms with E-state index in [1.807, 2.05) is 4.90 Å². The Hall–Kier alpha value is -2.42. The highest BCUT2D eigenvalue weighted by atomic mass is 19.4. The van der Waals surface area contributed by atoms with Gasteiger partial charge in [0.2, 0.25) is 11.8 Å². The fourth-order valence-corrected chi connectivity index (χ4v) is 2.95. The van der Waals surface area contributed by atoms with Crippen molar-refractivity contribution in [3.05, 3.63) is 41.5 Å².